The van der Waals surface area contributed by atoms with Crippen molar-refractivity contribution in [1.82, 2.24) is 9.88 Å². The average molecular weight is 458 g/mol. The van der Waals surface area contributed by atoms with Gasteiger partial charge in [-0.1, -0.05) is 11.3 Å². The van der Waals surface area contributed by atoms with E-state index in [9.17, 15) is 9.59 Å². The number of carbonyl (C=O) groups excluding carboxylic acids is 2. The van der Waals surface area contributed by atoms with Gasteiger partial charge in [-0.25, -0.2) is 9.78 Å². The predicted octanol–water partition coefficient (Wildman–Crippen LogP) is 3.70. The fourth-order valence-electron chi connectivity index (χ4n) is 3.21. The summed E-state index contributed by atoms with van der Waals surface area (Å²) in [5, 5.41) is 0.594. The van der Waals surface area contributed by atoms with Gasteiger partial charge in [0.05, 0.1) is 37.1 Å². The van der Waals surface area contributed by atoms with E-state index in [0.717, 1.165) is 23.2 Å². The Morgan fingerprint density at radius 2 is 1.56 bits per heavy atom. The molecule has 170 valence electrons. The summed E-state index contributed by atoms with van der Waals surface area (Å²) in [4.78, 5) is 33.6. The minimum Gasteiger partial charge on any atom is -0.493 e. The van der Waals surface area contributed by atoms with E-state index in [1.54, 1.807) is 43.4 Å². The van der Waals surface area contributed by atoms with Crippen molar-refractivity contribution in [2.75, 3.05) is 53.4 Å². The number of esters is 1. The molecule has 2 aromatic carbocycles. The summed E-state index contributed by atoms with van der Waals surface area (Å²) in [6.07, 6.45) is 0.779. The minimum absolute atomic E-state index is 0.182. The van der Waals surface area contributed by atoms with Gasteiger partial charge in [-0.2, -0.15) is 0 Å². The molecule has 0 fully saturated rings. The maximum absolute atomic E-state index is 13.4. The zero-order valence-corrected chi connectivity index (χ0v) is 19.7. The number of methoxy groups -OCH3 is 3. The summed E-state index contributed by atoms with van der Waals surface area (Å²) in [6.45, 7) is 1.33. The largest absolute Gasteiger partial charge is 0.493 e. The lowest BCUT2D eigenvalue weighted by Gasteiger charge is -2.21. The molecule has 0 bridgehead atoms. The molecule has 0 unspecified atom stereocenters. The first kappa shape index (κ1) is 23.5. The van der Waals surface area contributed by atoms with Crippen molar-refractivity contribution < 1.29 is 23.8 Å². The number of nitrogens with zero attached hydrogens (tertiary/aromatic N) is 3. The topological polar surface area (TPSA) is 81.2 Å². The van der Waals surface area contributed by atoms with Crippen LogP contribution in [0.4, 0.5) is 5.13 Å². The summed E-state index contributed by atoms with van der Waals surface area (Å²) < 4.78 is 16.4. The molecule has 3 aromatic rings. The second kappa shape index (κ2) is 10.4. The summed E-state index contributed by atoms with van der Waals surface area (Å²) in [5.41, 5.74) is 1.59. The Kier molecular flexibility index (Phi) is 7.66. The maximum Gasteiger partial charge on any atom is 0.337 e. The molecule has 0 saturated carbocycles. The number of hydrogen-bond acceptors (Lipinski definition) is 8. The van der Waals surface area contributed by atoms with Gasteiger partial charge in [-0.3, -0.25) is 9.69 Å². The molecular weight excluding hydrogens is 430 g/mol. The zero-order chi connectivity index (χ0) is 23.3. The normalized spacial score (nSPS) is 10.9. The summed E-state index contributed by atoms with van der Waals surface area (Å²) >= 11 is 1.42. The van der Waals surface area contributed by atoms with E-state index >= 15 is 0 Å². The van der Waals surface area contributed by atoms with Crippen LogP contribution in [0, 0.1) is 0 Å². The standard InChI is InChI=1S/C23H27N3O5S/c1-25(2)11-6-12-26(21(27)15-7-9-16(10-8-15)22(28)31-5)23-24-17-13-18(29-3)19(30-4)14-20(17)32-23/h7-10,13-14H,6,11-12H2,1-5H3. The highest BCUT2D eigenvalue weighted by Crippen LogP contribution is 2.37. The monoisotopic (exact) mass is 457 g/mol. The number of rotatable bonds is 9. The van der Waals surface area contributed by atoms with Crippen LogP contribution in [0.2, 0.25) is 0 Å². The lowest BCUT2D eigenvalue weighted by Crippen LogP contribution is -2.33. The molecule has 0 aliphatic rings. The Bertz CT molecular complexity index is 1050. The van der Waals surface area contributed by atoms with Gasteiger partial charge >= 0.3 is 5.97 Å². The SMILES string of the molecule is COC(=O)c1ccc(C(=O)N(CCCN(C)C)c2nc3cc(OC)c(OC)cc3s2)cc1. The Morgan fingerprint density at radius 3 is 2.16 bits per heavy atom. The van der Waals surface area contributed by atoms with E-state index in [-0.39, 0.29) is 5.91 Å². The Morgan fingerprint density at radius 1 is 0.938 bits per heavy atom. The van der Waals surface area contributed by atoms with Gasteiger partial charge in [0.15, 0.2) is 16.6 Å². The molecule has 0 N–H and O–H groups in total. The molecular formula is C23H27N3O5S. The number of amides is 1. The van der Waals surface area contributed by atoms with E-state index in [1.165, 1.54) is 18.4 Å². The third-order valence-corrected chi connectivity index (χ3v) is 5.94. The van der Waals surface area contributed by atoms with E-state index in [0.29, 0.717) is 34.3 Å². The Balaban J connectivity index is 1.96. The van der Waals surface area contributed by atoms with Crippen LogP contribution in [0.25, 0.3) is 10.2 Å². The highest BCUT2D eigenvalue weighted by atomic mass is 32.1. The van der Waals surface area contributed by atoms with Crippen molar-refractivity contribution >= 4 is 38.6 Å². The molecule has 1 aromatic heterocycles. The summed E-state index contributed by atoms with van der Waals surface area (Å²) in [6, 6.07) is 10.1. The van der Waals surface area contributed by atoms with Crippen LogP contribution in [-0.2, 0) is 4.74 Å². The third-order valence-electron chi connectivity index (χ3n) is 4.90. The van der Waals surface area contributed by atoms with Crippen LogP contribution in [-0.4, -0.2) is 70.3 Å². The van der Waals surface area contributed by atoms with Crippen LogP contribution in [0.5, 0.6) is 11.5 Å². The van der Waals surface area contributed by atoms with Gasteiger partial charge in [-0.05, 0) is 51.3 Å². The first-order valence-electron chi connectivity index (χ1n) is 10.1. The molecule has 32 heavy (non-hydrogen) atoms. The highest BCUT2D eigenvalue weighted by Gasteiger charge is 2.22. The maximum atomic E-state index is 13.4. The van der Waals surface area contributed by atoms with Crippen LogP contribution in [0.1, 0.15) is 27.1 Å². The first-order valence-corrected chi connectivity index (χ1v) is 10.9. The van der Waals surface area contributed by atoms with Crippen LogP contribution < -0.4 is 14.4 Å². The van der Waals surface area contributed by atoms with E-state index in [4.69, 9.17) is 19.2 Å². The van der Waals surface area contributed by atoms with Crippen molar-refractivity contribution in [3.8, 4) is 11.5 Å². The van der Waals surface area contributed by atoms with Crippen molar-refractivity contribution in [3.05, 3.63) is 47.5 Å². The molecule has 3 rings (SSSR count). The van der Waals surface area contributed by atoms with Gasteiger partial charge in [0, 0.05) is 24.2 Å². The molecule has 0 atom stereocenters. The van der Waals surface area contributed by atoms with Gasteiger partial charge < -0.3 is 19.1 Å². The van der Waals surface area contributed by atoms with E-state index in [2.05, 4.69) is 4.90 Å². The van der Waals surface area contributed by atoms with Gasteiger partial charge in [0.2, 0.25) is 0 Å². The summed E-state index contributed by atoms with van der Waals surface area (Å²) in [5.74, 6) is 0.568. The number of anilines is 1. The quantitative estimate of drug-likeness (QED) is 0.453. The minimum atomic E-state index is -0.444. The molecule has 0 spiro atoms. The first-order chi connectivity index (χ1) is 15.4. The molecule has 0 aliphatic heterocycles. The average Bonchev–Trinajstić information content (AvgIpc) is 3.22. The molecule has 9 heteroatoms. The van der Waals surface area contributed by atoms with E-state index < -0.39 is 5.97 Å². The second-order valence-corrected chi connectivity index (χ2v) is 8.36. The smallest absolute Gasteiger partial charge is 0.337 e. The molecule has 8 nitrogen and oxygen atoms in total. The molecule has 0 radical (unpaired) electrons. The van der Waals surface area contributed by atoms with Crippen molar-refractivity contribution in [3.63, 3.8) is 0 Å². The number of benzene rings is 2. The van der Waals surface area contributed by atoms with Gasteiger partial charge in [0.1, 0.15) is 0 Å². The van der Waals surface area contributed by atoms with Crippen LogP contribution in [0.15, 0.2) is 36.4 Å². The fourth-order valence-corrected chi connectivity index (χ4v) is 4.21. The lowest BCUT2D eigenvalue weighted by molar-refractivity contribution is 0.0600. The molecule has 0 saturated heterocycles. The van der Waals surface area contributed by atoms with Crippen LogP contribution >= 0.6 is 11.3 Å². The number of hydrogen-bond donors (Lipinski definition) is 0. The number of ether oxygens (including phenoxy) is 3. The number of fused-ring (bicyclic) bond motifs is 1. The predicted molar refractivity (Wildman–Crippen MR) is 125 cm³/mol. The number of aromatic nitrogens is 1. The van der Waals surface area contributed by atoms with Crippen molar-refractivity contribution in [2.24, 2.45) is 0 Å². The van der Waals surface area contributed by atoms with Crippen LogP contribution in [0.3, 0.4) is 0 Å². The van der Waals surface area contributed by atoms with Crippen molar-refractivity contribution in [1.29, 1.82) is 0 Å². The highest BCUT2D eigenvalue weighted by molar-refractivity contribution is 7.22. The molecule has 1 heterocycles. The number of carbonyl (C=O) groups is 2. The van der Waals surface area contributed by atoms with Gasteiger partial charge in [-0.15, -0.1) is 0 Å². The van der Waals surface area contributed by atoms with Gasteiger partial charge in [0.25, 0.3) is 5.91 Å². The third kappa shape index (κ3) is 5.17. The molecule has 1 amide bonds. The fraction of sp³-hybridized carbons (Fsp3) is 0.348. The van der Waals surface area contributed by atoms with E-state index in [1.807, 2.05) is 26.2 Å². The Labute approximate surface area is 191 Å². The number of thiazole rings is 1. The molecule has 0 aliphatic carbocycles. The zero-order valence-electron chi connectivity index (χ0n) is 18.9. The lowest BCUT2D eigenvalue weighted by atomic mass is 10.1. The second-order valence-electron chi connectivity index (χ2n) is 7.35. The van der Waals surface area contributed by atoms with Crippen molar-refractivity contribution in [2.45, 2.75) is 6.42 Å². The summed E-state index contributed by atoms with van der Waals surface area (Å²) in [7, 11) is 8.47. The Hall–Kier alpha value is -3.17.